The molecule has 0 spiro atoms. The molecule has 0 saturated heterocycles. The van der Waals surface area contributed by atoms with Gasteiger partial charge in [-0.15, -0.1) is 11.3 Å². The molecule has 3 N–H and O–H groups in total. The summed E-state index contributed by atoms with van der Waals surface area (Å²) in [4.78, 5) is 35.8. The Hall–Kier alpha value is -1.89. The highest BCUT2D eigenvalue weighted by molar-refractivity contribution is 7.12. The van der Waals surface area contributed by atoms with E-state index >= 15 is 0 Å². The van der Waals surface area contributed by atoms with Crippen molar-refractivity contribution < 1.29 is 19.5 Å². The number of carboxylic acids is 1. The van der Waals surface area contributed by atoms with Gasteiger partial charge in [0, 0.05) is 6.54 Å². The Labute approximate surface area is 133 Å². The number of carboxylic acid groups (broad SMARTS) is 1. The van der Waals surface area contributed by atoms with Crippen LogP contribution in [0.4, 0.5) is 0 Å². The third kappa shape index (κ3) is 4.30. The van der Waals surface area contributed by atoms with Gasteiger partial charge in [0.2, 0.25) is 5.91 Å². The van der Waals surface area contributed by atoms with E-state index < -0.39 is 23.3 Å². The van der Waals surface area contributed by atoms with Crippen LogP contribution >= 0.6 is 11.3 Å². The first-order valence-electron chi connectivity index (χ1n) is 7.21. The molecule has 1 heterocycles. The zero-order valence-corrected chi connectivity index (χ0v) is 13.8. The lowest BCUT2D eigenvalue weighted by Gasteiger charge is -2.27. The number of hydrogen-bond acceptors (Lipinski definition) is 4. The molecule has 22 heavy (non-hydrogen) atoms. The maximum atomic E-state index is 12.0. The fraction of sp³-hybridized carbons (Fsp3) is 0.533. The van der Waals surface area contributed by atoms with E-state index in [-0.39, 0.29) is 12.5 Å². The first-order chi connectivity index (χ1) is 10.4. The molecule has 1 unspecified atom stereocenters. The van der Waals surface area contributed by atoms with E-state index in [0.29, 0.717) is 17.7 Å². The third-order valence-corrected chi connectivity index (χ3v) is 4.76. The fourth-order valence-electron chi connectivity index (χ4n) is 2.03. The molecule has 1 aromatic rings. The van der Waals surface area contributed by atoms with Gasteiger partial charge < -0.3 is 15.7 Å². The Morgan fingerprint density at radius 2 is 1.95 bits per heavy atom. The van der Waals surface area contributed by atoms with Gasteiger partial charge in [0.15, 0.2) is 0 Å². The standard InChI is InChI=1S/C15H22N2O4S/c1-4-15(5-2,14(20)21)9-16-12(18)10(3)17-13(19)11-7-6-8-22-11/h6-8,10H,4-5,9H2,1-3H3,(H,16,18)(H,17,19)(H,20,21). The number of amides is 2. The SMILES string of the molecule is CCC(CC)(CNC(=O)C(C)NC(=O)c1cccs1)C(=O)O. The summed E-state index contributed by atoms with van der Waals surface area (Å²) in [5.41, 5.74) is -0.965. The summed E-state index contributed by atoms with van der Waals surface area (Å²) in [5, 5.41) is 16.3. The molecule has 0 aromatic carbocycles. The molecule has 0 aliphatic carbocycles. The summed E-state index contributed by atoms with van der Waals surface area (Å²) in [6.45, 7) is 5.19. The molecule has 0 aliphatic rings. The van der Waals surface area contributed by atoms with Crippen molar-refractivity contribution in [3.8, 4) is 0 Å². The highest BCUT2D eigenvalue weighted by Gasteiger charge is 2.35. The van der Waals surface area contributed by atoms with Crippen molar-refractivity contribution >= 4 is 29.1 Å². The van der Waals surface area contributed by atoms with E-state index in [0.717, 1.165) is 0 Å². The van der Waals surface area contributed by atoms with Crippen molar-refractivity contribution in [1.82, 2.24) is 10.6 Å². The van der Waals surface area contributed by atoms with Crippen LogP contribution < -0.4 is 10.6 Å². The normalized spacial score (nSPS) is 12.5. The van der Waals surface area contributed by atoms with E-state index in [1.807, 2.05) is 0 Å². The summed E-state index contributed by atoms with van der Waals surface area (Å²) >= 11 is 1.29. The van der Waals surface area contributed by atoms with E-state index in [9.17, 15) is 19.5 Å². The molecule has 1 atom stereocenters. The Bertz CT molecular complexity index is 524. The van der Waals surface area contributed by atoms with Gasteiger partial charge >= 0.3 is 5.97 Å². The zero-order valence-electron chi connectivity index (χ0n) is 13.0. The summed E-state index contributed by atoms with van der Waals surface area (Å²) < 4.78 is 0. The molecule has 0 aliphatic heterocycles. The van der Waals surface area contributed by atoms with Crippen LogP contribution in [0.2, 0.25) is 0 Å². The third-order valence-electron chi connectivity index (χ3n) is 3.89. The highest BCUT2D eigenvalue weighted by atomic mass is 32.1. The summed E-state index contributed by atoms with van der Waals surface area (Å²) in [6, 6.07) is 2.71. The minimum atomic E-state index is -0.965. The number of thiophene rings is 1. The molecule has 1 aromatic heterocycles. The second kappa shape index (κ2) is 7.93. The lowest BCUT2D eigenvalue weighted by atomic mass is 9.82. The van der Waals surface area contributed by atoms with E-state index in [1.165, 1.54) is 11.3 Å². The van der Waals surface area contributed by atoms with Gasteiger partial charge in [0.05, 0.1) is 10.3 Å². The van der Waals surface area contributed by atoms with Crippen LogP contribution in [0.1, 0.15) is 43.3 Å². The zero-order chi connectivity index (χ0) is 16.8. The number of rotatable bonds is 8. The van der Waals surface area contributed by atoms with Crippen LogP contribution in [0, 0.1) is 5.41 Å². The number of aliphatic carboxylic acids is 1. The van der Waals surface area contributed by atoms with E-state index in [4.69, 9.17) is 0 Å². The Morgan fingerprint density at radius 1 is 1.32 bits per heavy atom. The van der Waals surface area contributed by atoms with Crippen molar-refractivity contribution in [1.29, 1.82) is 0 Å². The van der Waals surface area contributed by atoms with E-state index in [1.54, 1.807) is 38.3 Å². The number of nitrogens with one attached hydrogen (secondary N) is 2. The summed E-state index contributed by atoms with van der Waals surface area (Å²) in [6.07, 6.45) is 0.851. The number of hydrogen-bond donors (Lipinski definition) is 3. The lowest BCUT2D eigenvalue weighted by Crippen LogP contribution is -2.49. The van der Waals surface area contributed by atoms with Crippen molar-refractivity contribution in [2.24, 2.45) is 5.41 Å². The average molecular weight is 326 g/mol. The lowest BCUT2D eigenvalue weighted by molar-refractivity contribution is -0.149. The molecule has 1 rings (SSSR count). The maximum absolute atomic E-state index is 12.0. The second-order valence-electron chi connectivity index (χ2n) is 5.18. The predicted molar refractivity (Wildman–Crippen MR) is 84.9 cm³/mol. The van der Waals surface area contributed by atoms with Gasteiger partial charge in [-0.05, 0) is 31.2 Å². The van der Waals surface area contributed by atoms with Gasteiger partial charge in [-0.3, -0.25) is 14.4 Å². The van der Waals surface area contributed by atoms with Crippen molar-refractivity contribution in [2.45, 2.75) is 39.7 Å². The Balaban J connectivity index is 2.57. The smallest absolute Gasteiger partial charge is 0.311 e. The molecule has 0 bridgehead atoms. The molecular weight excluding hydrogens is 304 g/mol. The quantitative estimate of drug-likeness (QED) is 0.679. The Morgan fingerprint density at radius 3 is 2.41 bits per heavy atom. The minimum absolute atomic E-state index is 0.0490. The summed E-state index contributed by atoms with van der Waals surface area (Å²) in [7, 11) is 0. The highest BCUT2D eigenvalue weighted by Crippen LogP contribution is 2.25. The first kappa shape index (κ1) is 18.2. The van der Waals surface area contributed by atoms with Crippen molar-refractivity contribution in [2.75, 3.05) is 6.54 Å². The minimum Gasteiger partial charge on any atom is -0.481 e. The molecule has 7 heteroatoms. The van der Waals surface area contributed by atoms with Crippen LogP contribution in [0.3, 0.4) is 0 Å². The van der Waals surface area contributed by atoms with Crippen molar-refractivity contribution in [3.05, 3.63) is 22.4 Å². The average Bonchev–Trinajstić information content (AvgIpc) is 3.02. The topological polar surface area (TPSA) is 95.5 Å². The van der Waals surface area contributed by atoms with Gasteiger partial charge in [-0.2, -0.15) is 0 Å². The molecule has 2 amide bonds. The van der Waals surface area contributed by atoms with Crippen LogP contribution in [-0.2, 0) is 9.59 Å². The molecule has 0 fully saturated rings. The molecule has 0 saturated carbocycles. The van der Waals surface area contributed by atoms with Crippen LogP contribution in [0.25, 0.3) is 0 Å². The number of carbonyl (C=O) groups is 3. The predicted octanol–water partition coefficient (Wildman–Crippen LogP) is 1.87. The van der Waals surface area contributed by atoms with Gasteiger partial charge in [0.25, 0.3) is 5.91 Å². The van der Waals surface area contributed by atoms with Crippen LogP contribution in [-0.4, -0.2) is 35.5 Å². The van der Waals surface area contributed by atoms with Gasteiger partial charge in [0.1, 0.15) is 6.04 Å². The monoisotopic (exact) mass is 326 g/mol. The second-order valence-corrected chi connectivity index (χ2v) is 6.13. The molecule has 6 nitrogen and oxygen atoms in total. The molecular formula is C15H22N2O4S. The maximum Gasteiger partial charge on any atom is 0.311 e. The Kier molecular flexibility index (Phi) is 6.55. The van der Waals surface area contributed by atoms with E-state index in [2.05, 4.69) is 10.6 Å². The molecule has 0 radical (unpaired) electrons. The van der Waals surface area contributed by atoms with Gasteiger partial charge in [-0.1, -0.05) is 19.9 Å². The summed E-state index contributed by atoms with van der Waals surface area (Å²) in [5.74, 6) is -1.63. The van der Waals surface area contributed by atoms with Crippen LogP contribution in [0.5, 0.6) is 0 Å². The largest absolute Gasteiger partial charge is 0.481 e. The van der Waals surface area contributed by atoms with Crippen LogP contribution in [0.15, 0.2) is 17.5 Å². The van der Waals surface area contributed by atoms with Crippen molar-refractivity contribution in [3.63, 3.8) is 0 Å². The van der Waals surface area contributed by atoms with Gasteiger partial charge in [-0.25, -0.2) is 0 Å². The first-order valence-corrected chi connectivity index (χ1v) is 8.09. The molecule has 122 valence electrons. The fourth-order valence-corrected chi connectivity index (χ4v) is 2.66. The number of carbonyl (C=O) groups excluding carboxylic acids is 2.